The monoisotopic (exact) mass is 324 g/mol. The second-order valence-electron chi connectivity index (χ2n) is 4.54. The zero-order chi connectivity index (χ0) is 14.1. The van der Waals surface area contributed by atoms with E-state index in [1.807, 2.05) is 47.6 Å². The van der Waals surface area contributed by atoms with Gasteiger partial charge in [-0.3, -0.25) is 5.01 Å². The highest BCUT2D eigenvalue weighted by Crippen LogP contribution is 2.38. The molecule has 2 aromatic carbocycles. The maximum Gasteiger partial charge on any atom is 0.0826 e. The van der Waals surface area contributed by atoms with Crippen molar-refractivity contribution in [1.29, 1.82) is 0 Å². The topological polar surface area (TPSA) is 15.6 Å². The van der Waals surface area contributed by atoms with E-state index in [-0.39, 0.29) is 6.04 Å². The summed E-state index contributed by atoms with van der Waals surface area (Å²) in [7, 11) is 0. The number of hydrogen-bond acceptors (Lipinski definition) is 2. The Kier molecular flexibility index (Phi) is 3.88. The first kappa shape index (κ1) is 13.7. The van der Waals surface area contributed by atoms with Crippen molar-refractivity contribution >= 4 is 46.7 Å². The van der Waals surface area contributed by atoms with Crippen LogP contribution in [0.15, 0.2) is 47.6 Å². The third-order valence-electron chi connectivity index (χ3n) is 3.24. The van der Waals surface area contributed by atoms with Gasteiger partial charge >= 0.3 is 0 Å². The molecule has 0 aliphatic carbocycles. The van der Waals surface area contributed by atoms with Crippen molar-refractivity contribution in [2.45, 2.75) is 12.5 Å². The Morgan fingerprint density at radius 3 is 2.35 bits per heavy atom. The molecule has 1 aliphatic rings. The normalized spacial score (nSPS) is 17.8. The van der Waals surface area contributed by atoms with Gasteiger partial charge in [-0.25, -0.2) is 0 Å². The number of hydrogen-bond donors (Lipinski definition) is 0. The minimum absolute atomic E-state index is 0.131. The molecule has 1 atom stereocenters. The molecule has 0 amide bonds. The first-order valence-electron chi connectivity index (χ1n) is 6.17. The van der Waals surface area contributed by atoms with Crippen LogP contribution in [0.4, 0.5) is 5.69 Å². The number of nitrogens with zero attached hydrogens (tertiary/aromatic N) is 2. The van der Waals surface area contributed by atoms with Crippen molar-refractivity contribution < 1.29 is 0 Å². The predicted molar refractivity (Wildman–Crippen MR) is 86.2 cm³/mol. The fourth-order valence-electron chi connectivity index (χ4n) is 2.27. The van der Waals surface area contributed by atoms with Crippen molar-refractivity contribution in [3.8, 4) is 0 Å². The molecule has 2 aromatic rings. The number of hydrazone groups is 1. The minimum atomic E-state index is 0.131. The summed E-state index contributed by atoms with van der Waals surface area (Å²) in [6.07, 6.45) is 2.73. The van der Waals surface area contributed by atoms with Crippen LogP contribution in [0.5, 0.6) is 0 Å². The van der Waals surface area contributed by atoms with E-state index in [2.05, 4.69) is 5.10 Å². The van der Waals surface area contributed by atoms with Gasteiger partial charge < -0.3 is 0 Å². The van der Waals surface area contributed by atoms with Gasteiger partial charge in [0.15, 0.2) is 0 Å². The van der Waals surface area contributed by atoms with Gasteiger partial charge in [-0.15, -0.1) is 0 Å². The molecule has 0 radical (unpaired) electrons. The maximum absolute atomic E-state index is 6.27. The largest absolute Gasteiger partial charge is 0.256 e. The molecule has 0 fully saturated rings. The van der Waals surface area contributed by atoms with Crippen LogP contribution in [0.3, 0.4) is 0 Å². The Morgan fingerprint density at radius 2 is 1.65 bits per heavy atom. The zero-order valence-electron chi connectivity index (χ0n) is 10.4. The lowest BCUT2D eigenvalue weighted by molar-refractivity contribution is 0.710. The molecule has 102 valence electrons. The van der Waals surface area contributed by atoms with E-state index in [4.69, 9.17) is 34.8 Å². The lowest BCUT2D eigenvalue weighted by Gasteiger charge is -2.25. The molecule has 0 bridgehead atoms. The third kappa shape index (κ3) is 2.64. The quantitative estimate of drug-likeness (QED) is 0.703. The van der Waals surface area contributed by atoms with Crippen LogP contribution in [-0.4, -0.2) is 6.21 Å². The van der Waals surface area contributed by atoms with Gasteiger partial charge in [0, 0.05) is 22.7 Å². The highest BCUT2D eigenvalue weighted by Gasteiger charge is 2.25. The lowest BCUT2D eigenvalue weighted by atomic mass is 10.0. The van der Waals surface area contributed by atoms with E-state index in [1.54, 1.807) is 6.07 Å². The first-order valence-corrected chi connectivity index (χ1v) is 7.31. The van der Waals surface area contributed by atoms with E-state index in [0.29, 0.717) is 10.0 Å². The van der Waals surface area contributed by atoms with Gasteiger partial charge in [0.05, 0.1) is 16.8 Å². The Hall–Kier alpha value is -1.22. The molecule has 0 aromatic heterocycles. The van der Waals surface area contributed by atoms with Crippen molar-refractivity contribution in [3.05, 3.63) is 63.1 Å². The van der Waals surface area contributed by atoms with Crippen molar-refractivity contribution in [2.75, 3.05) is 5.01 Å². The summed E-state index contributed by atoms with van der Waals surface area (Å²) in [5.41, 5.74) is 2.00. The minimum Gasteiger partial charge on any atom is -0.256 e. The summed E-state index contributed by atoms with van der Waals surface area (Å²) >= 11 is 18.1. The fraction of sp³-hybridized carbons (Fsp3) is 0.133. The lowest BCUT2D eigenvalue weighted by Crippen LogP contribution is -2.18. The molecular weight excluding hydrogens is 315 g/mol. The molecule has 0 spiro atoms. The molecule has 20 heavy (non-hydrogen) atoms. The Bertz CT molecular complexity index is 653. The zero-order valence-corrected chi connectivity index (χ0v) is 12.7. The fourth-order valence-corrected chi connectivity index (χ4v) is 2.90. The molecule has 3 rings (SSSR count). The average Bonchev–Trinajstić information content (AvgIpc) is 2.88. The summed E-state index contributed by atoms with van der Waals surface area (Å²) in [4.78, 5) is 0. The first-order chi connectivity index (χ1) is 9.65. The highest BCUT2D eigenvalue weighted by molar-refractivity contribution is 6.36. The molecule has 2 nitrogen and oxygen atoms in total. The van der Waals surface area contributed by atoms with Crippen LogP contribution in [0.25, 0.3) is 0 Å². The van der Waals surface area contributed by atoms with Gasteiger partial charge in [-0.1, -0.05) is 46.9 Å². The molecule has 0 N–H and O–H groups in total. The predicted octanol–water partition coefficient (Wildman–Crippen LogP) is 5.58. The van der Waals surface area contributed by atoms with Crippen LogP contribution in [0.1, 0.15) is 18.0 Å². The summed E-state index contributed by atoms with van der Waals surface area (Å²) < 4.78 is 0. The number of rotatable bonds is 2. The Labute approximate surface area is 132 Å². The summed E-state index contributed by atoms with van der Waals surface area (Å²) in [6.45, 7) is 0. The van der Waals surface area contributed by atoms with Gasteiger partial charge in [0.25, 0.3) is 0 Å². The highest BCUT2D eigenvalue weighted by atomic mass is 35.5. The van der Waals surface area contributed by atoms with Gasteiger partial charge in [-0.2, -0.15) is 5.10 Å². The third-order valence-corrected chi connectivity index (χ3v) is 4.03. The second kappa shape index (κ2) is 5.65. The van der Waals surface area contributed by atoms with E-state index < -0.39 is 0 Å². The standard InChI is InChI=1S/C15H11Cl3N2/c16-11-3-1-10(2-4-11)14-7-8-19-20(14)15-6-5-12(17)9-13(15)18/h1-6,8-9,14H,7H2/t14-/m1/s1. The van der Waals surface area contributed by atoms with Crippen molar-refractivity contribution in [1.82, 2.24) is 0 Å². The Morgan fingerprint density at radius 1 is 0.950 bits per heavy atom. The van der Waals surface area contributed by atoms with Gasteiger partial charge in [0.2, 0.25) is 0 Å². The molecule has 1 aliphatic heterocycles. The number of benzene rings is 2. The molecular formula is C15H11Cl3N2. The average molecular weight is 326 g/mol. The summed E-state index contributed by atoms with van der Waals surface area (Å²) in [5, 5.41) is 8.28. The number of halogens is 3. The molecule has 1 heterocycles. The van der Waals surface area contributed by atoms with E-state index in [9.17, 15) is 0 Å². The van der Waals surface area contributed by atoms with E-state index in [1.165, 1.54) is 0 Å². The van der Waals surface area contributed by atoms with Crippen LogP contribution < -0.4 is 5.01 Å². The van der Waals surface area contributed by atoms with Crippen molar-refractivity contribution in [2.24, 2.45) is 5.10 Å². The van der Waals surface area contributed by atoms with Crippen LogP contribution in [-0.2, 0) is 0 Å². The Balaban J connectivity index is 1.95. The molecule has 5 heteroatoms. The molecule has 0 unspecified atom stereocenters. The summed E-state index contributed by atoms with van der Waals surface area (Å²) in [5.74, 6) is 0. The second-order valence-corrected chi connectivity index (χ2v) is 5.82. The van der Waals surface area contributed by atoms with Crippen molar-refractivity contribution in [3.63, 3.8) is 0 Å². The molecule has 0 saturated carbocycles. The maximum atomic E-state index is 6.27. The van der Waals surface area contributed by atoms with Crippen LogP contribution in [0, 0.1) is 0 Å². The van der Waals surface area contributed by atoms with E-state index in [0.717, 1.165) is 22.7 Å². The van der Waals surface area contributed by atoms with Crippen LogP contribution >= 0.6 is 34.8 Å². The SMILES string of the molecule is Clc1ccc([C@H]2CC=NN2c2ccc(Cl)cc2Cl)cc1. The van der Waals surface area contributed by atoms with Gasteiger partial charge in [0.1, 0.15) is 0 Å². The number of anilines is 1. The van der Waals surface area contributed by atoms with Crippen LogP contribution in [0.2, 0.25) is 15.1 Å². The molecule has 0 saturated heterocycles. The smallest absolute Gasteiger partial charge is 0.0826 e. The van der Waals surface area contributed by atoms with Gasteiger partial charge in [-0.05, 0) is 35.9 Å². The summed E-state index contributed by atoms with van der Waals surface area (Å²) in [6, 6.07) is 13.4. The van der Waals surface area contributed by atoms with E-state index >= 15 is 0 Å².